The maximum atomic E-state index is 12.0. The SMILES string of the molecule is CCCc1nc(C(=O)Nc2ccc(C)cc2[N+](=O)[O-])n[nH]1. The Labute approximate surface area is 120 Å². The Bertz CT molecular complexity index is 680. The number of hydrogen-bond acceptors (Lipinski definition) is 5. The van der Waals surface area contributed by atoms with Crippen molar-refractivity contribution < 1.29 is 9.72 Å². The molecule has 1 amide bonds. The largest absolute Gasteiger partial charge is 0.313 e. The summed E-state index contributed by atoms with van der Waals surface area (Å²) < 4.78 is 0. The number of rotatable bonds is 5. The lowest BCUT2D eigenvalue weighted by Crippen LogP contribution is -2.15. The standard InChI is InChI=1S/C13H15N5O3/c1-3-4-11-15-12(17-16-11)13(19)14-9-6-5-8(2)7-10(9)18(20)21/h5-7H,3-4H2,1-2H3,(H,14,19)(H,15,16,17). The van der Waals surface area contributed by atoms with Gasteiger partial charge in [0.25, 0.3) is 11.6 Å². The highest BCUT2D eigenvalue weighted by molar-refractivity contribution is 6.02. The molecule has 0 unspecified atom stereocenters. The molecular weight excluding hydrogens is 274 g/mol. The predicted molar refractivity (Wildman–Crippen MR) is 76.2 cm³/mol. The van der Waals surface area contributed by atoms with E-state index in [1.807, 2.05) is 6.92 Å². The number of benzene rings is 1. The van der Waals surface area contributed by atoms with E-state index in [0.29, 0.717) is 12.2 Å². The first-order chi connectivity index (χ1) is 10.0. The van der Waals surface area contributed by atoms with Crippen LogP contribution in [0.1, 0.15) is 35.4 Å². The van der Waals surface area contributed by atoms with Gasteiger partial charge in [0, 0.05) is 12.5 Å². The number of H-pyrrole nitrogens is 1. The highest BCUT2D eigenvalue weighted by Gasteiger charge is 2.19. The Morgan fingerprint density at radius 2 is 2.24 bits per heavy atom. The van der Waals surface area contributed by atoms with Crippen LogP contribution < -0.4 is 5.32 Å². The molecule has 2 rings (SSSR count). The fraction of sp³-hybridized carbons (Fsp3) is 0.308. The summed E-state index contributed by atoms with van der Waals surface area (Å²) in [6, 6.07) is 4.57. The zero-order chi connectivity index (χ0) is 15.4. The molecule has 8 nitrogen and oxygen atoms in total. The van der Waals surface area contributed by atoms with Gasteiger partial charge >= 0.3 is 0 Å². The van der Waals surface area contributed by atoms with E-state index in [9.17, 15) is 14.9 Å². The molecule has 0 bridgehead atoms. The van der Waals surface area contributed by atoms with E-state index in [4.69, 9.17) is 0 Å². The fourth-order valence-corrected chi connectivity index (χ4v) is 1.82. The van der Waals surface area contributed by atoms with Gasteiger partial charge in [-0.1, -0.05) is 13.0 Å². The molecule has 110 valence electrons. The smallest absolute Gasteiger partial charge is 0.295 e. The summed E-state index contributed by atoms with van der Waals surface area (Å²) in [5.41, 5.74) is 0.702. The van der Waals surface area contributed by atoms with Crippen LogP contribution in [0, 0.1) is 17.0 Å². The minimum atomic E-state index is -0.583. The lowest BCUT2D eigenvalue weighted by atomic mass is 10.2. The monoisotopic (exact) mass is 289 g/mol. The first-order valence-electron chi connectivity index (χ1n) is 6.49. The van der Waals surface area contributed by atoms with Crippen molar-refractivity contribution in [3.8, 4) is 0 Å². The number of anilines is 1. The van der Waals surface area contributed by atoms with Crippen LogP contribution in [0.4, 0.5) is 11.4 Å². The summed E-state index contributed by atoms with van der Waals surface area (Å²) in [4.78, 5) is 26.5. The van der Waals surface area contributed by atoms with Crippen LogP contribution in [0.5, 0.6) is 0 Å². The highest BCUT2D eigenvalue weighted by Crippen LogP contribution is 2.25. The third kappa shape index (κ3) is 3.41. The second kappa shape index (κ2) is 6.12. The quantitative estimate of drug-likeness (QED) is 0.647. The van der Waals surface area contributed by atoms with Crippen LogP contribution in [0.3, 0.4) is 0 Å². The molecule has 0 radical (unpaired) electrons. The zero-order valence-corrected chi connectivity index (χ0v) is 11.7. The Morgan fingerprint density at radius 3 is 2.90 bits per heavy atom. The lowest BCUT2D eigenvalue weighted by molar-refractivity contribution is -0.384. The van der Waals surface area contributed by atoms with Crippen LogP contribution in [-0.4, -0.2) is 26.0 Å². The molecule has 8 heteroatoms. The number of nitrogens with zero attached hydrogens (tertiary/aromatic N) is 3. The van der Waals surface area contributed by atoms with Gasteiger partial charge < -0.3 is 5.32 Å². The highest BCUT2D eigenvalue weighted by atomic mass is 16.6. The van der Waals surface area contributed by atoms with Gasteiger partial charge in [0.1, 0.15) is 11.5 Å². The number of nitro groups is 1. The third-order valence-electron chi connectivity index (χ3n) is 2.82. The van der Waals surface area contributed by atoms with E-state index >= 15 is 0 Å². The molecule has 0 aliphatic carbocycles. The first-order valence-corrected chi connectivity index (χ1v) is 6.49. The van der Waals surface area contributed by atoms with Crippen molar-refractivity contribution in [2.24, 2.45) is 0 Å². The molecule has 0 atom stereocenters. The first kappa shape index (κ1) is 14.6. The van der Waals surface area contributed by atoms with E-state index in [2.05, 4.69) is 20.5 Å². The van der Waals surface area contributed by atoms with Crippen molar-refractivity contribution in [2.45, 2.75) is 26.7 Å². The molecule has 1 aromatic carbocycles. The Hall–Kier alpha value is -2.77. The molecule has 0 saturated carbocycles. The molecule has 0 aliphatic heterocycles. The van der Waals surface area contributed by atoms with E-state index in [1.54, 1.807) is 13.0 Å². The molecule has 2 N–H and O–H groups in total. The van der Waals surface area contributed by atoms with Gasteiger partial charge in [-0.15, -0.1) is 5.10 Å². The second-order valence-electron chi connectivity index (χ2n) is 4.59. The number of aromatic amines is 1. The van der Waals surface area contributed by atoms with Crippen molar-refractivity contribution in [3.05, 3.63) is 45.5 Å². The molecule has 0 spiro atoms. The normalized spacial score (nSPS) is 10.4. The average molecular weight is 289 g/mol. The molecule has 1 aromatic heterocycles. The van der Waals surface area contributed by atoms with E-state index in [1.165, 1.54) is 12.1 Å². The number of nitro benzene ring substituents is 1. The fourth-order valence-electron chi connectivity index (χ4n) is 1.82. The molecule has 21 heavy (non-hydrogen) atoms. The minimum absolute atomic E-state index is 0.0340. The molecular formula is C13H15N5O3. The van der Waals surface area contributed by atoms with Crippen LogP contribution in [0.25, 0.3) is 0 Å². The van der Waals surface area contributed by atoms with Gasteiger partial charge in [0.15, 0.2) is 0 Å². The maximum absolute atomic E-state index is 12.0. The Balaban J connectivity index is 2.20. The van der Waals surface area contributed by atoms with E-state index in [0.717, 1.165) is 12.0 Å². The number of aromatic nitrogens is 3. The lowest BCUT2D eigenvalue weighted by Gasteiger charge is -2.04. The Morgan fingerprint density at radius 1 is 1.48 bits per heavy atom. The van der Waals surface area contributed by atoms with Crippen LogP contribution in [0.2, 0.25) is 0 Å². The molecule has 0 aliphatic rings. The summed E-state index contributed by atoms with van der Waals surface area (Å²) in [6.07, 6.45) is 1.56. The van der Waals surface area contributed by atoms with Crippen molar-refractivity contribution in [1.82, 2.24) is 15.2 Å². The van der Waals surface area contributed by atoms with Gasteiger partial charge in [-0.25, -0.2) is 4.98 Å². The minimum Gasteiger partial charge on any atom is -0.313 e. The summed E-state index contributed by atoms with van der Waals surface area (Å²) in [7, 11) is 0. The molecule has 0 saturated heterocycles. The summed E-state index contributed by atoms with van der Waals surface area (Å²) in [5, 5.41) is 19.9. The average Bonchev–Trinajstić information content (AvgIpc) is 2.89. The number of carbonyl (C=O) groups is 1. The predicted octanol–water partition coefficient (Wildman–Crippen LogP) is 2.23. The van der Waals surface area contributed by atoms with Crippen molar-refractivity contribution in [2.75, 3.05) is 5.32 Å². The number of carbonyl (C=O) groups excluding carboxylic acids is 1. The van der Waals surface area contributed by atoms with E-state index < -0.39 is 10.8 Å². The third-order valence-corrected chi connectivity index (χ3v) is 2.82. The number of aryl methyl sites for hydroxylation is 2. The number of nitrogens with one attached hydrogen (secondary N) is 2. The van der Waals surface area contributed by atoms with Crippen LogP contribution in [0.15, 0.2) is 18.2 Å². The van der Waals surface area contributed by atoms with Gasteiger partial charge in [0.05, 0.1) is 4.92 Å². The molecule has 0 fully saturated rings. The van der Waals surface area contributed by atoms with Crippen LogP contribution in [-0.2, 0) is 6.42 Å². The summed E-state index contributed by atoms with van der Waals surface area (Å²) in [6.45, 7) is 3.73. The van der Waals surface area contributed by atoms with Gasteiger partial charge in [0.2, 0.25) is 5.82 Å². The van der Waals surface area contributed by atoms with Crippen molar-refractivity contribution in [3.63, 3.8) is 0 Å². The Kier molecular flexibility index (Phi) is 4.27. The van der Waals surface area contributed by atoms with Crippen molar-refractivity contribution in [1.29, 1.82) is 0 Å². The summed E-state index contributed by atoms with van der Waals surface area (Å²) in [5.74, 6) is -0.00469. The van der Waals surface area contributed by atoms with Gasteiger partial charge in [-0.2, -0.15) is 0 Å². The number of amides is 1. The van der Waals surface area contributed by atoms with Gasteiger partial charge in [-0.05, 0) is 25.0 Å². The number of hydrogen-bond donors (Lipinski definition) is 2. The second-order valence-corrected chi connectivity index (χ2v) is 4.59. The summed E-state index contributed by atoms with van der Waals surface area (Å²) >= 11 is 0. The van der Waals surface area contributed by atoms with Crippen molar-refractivity contribution >= 4 is 17.3 Å². The molecule has 2 aromatic rings. The molecule has 1 heterocycles. The topological polar surface area (TPSA) is 114 Å². The van der Waals surface area contributed by atoms with Crippen LogP contribution >= 0.6 is 0 Å². The van der Waals surface area contributed by atoms with Gasteiger partial charge in [-0.3, -0.25) is 20.0 Å². The maximum Gasteiger partial charge on any atom is 0.295 e. The van der Waals surface area contributed by atoms with E-state index in [-0.39, 0.29) is 17.2 Å². The zero-order valence-electron chi connectivity index (χ0n) is 11.7.